The molecule has 0 aromatic carbocycles. The average Bonchev–Trinajstić information content (AvgIpc) is 3.23. The lowest BCUT2D eigenvalue weighted by atomic mass is 10.2. The molecule has 0 radical (unpaired) electrons. The molecule has 1 aliphatic rings. The van der Waals surface area contributed by atoms with E-state index < -0.39 is 18.0 Å². The van der Waals surface area contributed by atoms with Gasteiger partial charge in [-0.05, 0) is 26.0 Å². The second-order valence-corrected chi connectivity index (χ2v) is 6.25. The molecule has 0 saturated carbocycles. The Hall–Kier alpha value is -3.50. The zero-order valence-corrected chi connectivity index (χ0v) is 15.7. The molecular formula is C17H22N8O3. The van der Waals surface area contributed by atoms with Crippen molar-refractivity contribution >= 4 is 29.4 Å². The van der Waals surface area contributed by atoms with E-state index in [0.717, 1.165) is 18.9 Å². The maximum Gasteiger partial charge on any atom is 0.322 e. The number of rotatable bonds is 8. The van der Waals surface area contributed by atoms with Crippen molar-refractivity contribution in [3.63, 3.8) is 0 Å². The summed E-state index contributed by atoms with van der Waals surface area (Å²) in [7, 11) is 0. The van der Waals surface area contributed by atoms with Crippen LogP contribution in [0.5, 0.6) is 0 Å². The molecule has 11 nitrogen and oxygen atoms in total. The van der Waals surface area contributed by atoms with Crippen molar-refractivity contribution in [1.29, 1.82) is 0 Å². The number of imide groups is 1. The summed E-state index contributed by atoms with van der Waals surface area (Å²) in [4.78, 5) is 41.4. The normalized spacial score (nSPS) is 15.9. The number of carbonyl (C=O) groups excluding carboxylic acids is 3. The number of anilines is 2. The molecule has 0 unspecified atom stereocenters. The first kappa shape index (κ1) is 19.3. The highest BCUT2D eigenvalue weighted by Crippen LogP contribution is 2.14. The summed E-state index contributed by atoms with van der Waals surface area (Å²) in [5, 5.41) is 15.2. The fourth-order valence-electron chi connectivity index (χ4n) is 2.86. The van der Waals surface area contributed by atoms with Crippen molar-refractivity contribution in [2.45, 2.75) is 32.9 Å². The molecule has 11 heteroatoms. The van der Waals surface area contributed by atoms with Crippen LogP contribution in [0, 0.1) is 0 Å². The van der Waals surface area contributed by atoms with Crippen LogP contribution in [0.2, 0.25) is 0 Å². The summed E-state index contributed by atoms with van der Waals surface area (Å²) in [5.74, 6) is 0.172. The number of carbonyl (C=O) groups is 3. The average molecular weight is 386 g/mol. The quantitative estimate of drug-likeness (QED) is 0.540. The Kier molecular flexibility index (Phi) is 5.82. The van der Waals surface area contributed by atoms with Crippen molar-refractivity contribution in [2.24, 2.45) is 0 Å². The molecule has 0 bridgehead atoms. The number of urea groups is 1. The molecule has 1 saturated heterocycles. The molecule has 1 fully saturated rings. The Morgan fingerprint density at radius 3 is 2.68 bits per heavy atom. The maximum atomic E-state index is 12.2. The lowest BCUT2D eigenvalue weighted by molar-refractivity contribution is -0.120. The van der Waals surface area contributed by atoms with Crippen LogP contribution in [0.3, 0.4) is 0 Å². The van der Waals surface area contributed by atoms with E-state index in [1.165, 1.54) is 4.68 Å². The van der Waals surface area contributed by atoms with Crippen molar-refractivity contribution in [3.8, 4) is 0 Å². The first-order chi connectivity index (χ1) is 13.5. The highest BCUT2D eigenvalue weighted by molar-refractivity contribution is 6.04. The van der Waals surface area contributed by atoms with Crippen LogP contribution in [0.1, 0.15) is 19.5 Å². The standard InChI is InChI=1S/C17H22N8O3/c1-3-24(4-2)14-6-5-11(8-18-14)19-15(26)10-25-9-12(22-23-25)7-13-16(27)21-17(28)20-13/h5-6,8-9,13H,3-4,7,10H2,1-2H3,(H,19,26)(H2,20,21,27,28)/t13-/m1/s1. The lowest BCUT2D eigenvalue weighted by Gasteiger charge is -2.19. The summed E-state index contributed by atoms with van der Waals surface area (Å²) in [6.45, 7) is 5.79. The third-order valence-corrected chi connectivity index (χ3v) is 4.28. The fraction of sp³-hybridized carbons (Fsp3) is 0.412. The van der Waals surface area contributed by atoms with E-state index in [-0.39, 0.29) is 18.9 Å². The third kappa shape index (κ3) is 4.61. The van der Waals surface area contributed by atoms with Gasteiger partial charge in [-0.3, -0.25) is 14.9 Å². The van der Waals surface area contributed by atoms with Crippen molar-refractivity contribution in [2.75, 3.05) is 23.3 Å². The second-order valence-electron chi connectivity index (χ2n) is 6.25. The predicted molar refractivity (Wildman–Crippen MR) is 101 cm³/mol. The Labute approximate surface area is 161 Å². The molecule has 1 aliphatic heterocycles. The van der Waals surface area contributed by atoms with Crippen LogP contribution in [-0.4, -0.2) is 57.0 Å². The van der Waals surface area contributed by atoms with Crippen LogP contribution in [0.25, 0.3) is 0 Å². The van der Waals surface area contributed by atoms with Gasteiger partial charge in [-0.15, -0.1) is 5.10 Å². The van der Waals surface area contributed by atoms with Gasteiger partial charge >= 0.3 is 6.03 Å². The van der Waals surface area contributed by atoms with E-state index in [0.29, 0.717) is 11.4 Å². The fourth-order valence-corrected chi connectivity index (χ4v) is 2.86. The van der Waals surface area contributed by atoms with Crippen LogP contribution in [0.4, 0.5) is 16.3 Å². The van der Waals surface area contributed by atoms with E-state index in [9.17, 15) is 14.4 Å². The molecule has 148 valence electrons. The molecule has 28 heavy (non-hydrogen) atoms. The molecule has 3 N–H and O–H groups in total. The van der Waals surface area contributed by atoms with Gasteiger partial charge in [0.05, 0.1) is 17.6 Å². The van der Waals surface area contributed by atoms with Gasteiger partial charge in [-0.2, -0.15) is 0 Å². The Balaban J connectivity index is 1.53. The first-order valence-electron chi connectivity index (χ1n) is 8.99. The largest absolute Gasteiger partial charge is 0.357 e. The zero-order valence-electron chi connectivity index (χ0n) is 15.7. The molecule has 1 atom stereocenters. The highest BCUT2D eigenvalue weighted by Gasteiger charge is 2.30. The van der Waals surface area contributed by atoms with E-state index >= 15 is 0 Å². The Bertz CT molecular complexity index is 860. The summed E-state index contributed by atoms with van der Waals surface area (Å²) < 4.78 is 1.37. The maximum absolute atomic E-state index is 12.2. The lowest BCUT2D eigenvalue weighted by Crippen LogP contribution is -2.31. The monoisotopic (exact) mass is 386 g/mol. The third-order valence-electron chi connectivity index (χ3n) is 4.28. The van der Waals surface area contributed by atoms with Crippen LogP contribution in [0.15, 0.2) is 24.5 Å². The molecule has 3 rings (SSSR count). The van der Waals surface area contributed by atoms with Crippen molar-refractivity contribution in [1.82, 2.24) is 30.6 Å². The molecule has 0 aliphatic carbocycles. The van der Waals surface area contributed by atoms with Crippen molar-refractivity contribution < 1.29 is 14.4 Å². The van der Waals surface area contributed by atoms with E-state index in [1.807, 2.05) is 6.07 Å². The number of nitrogens with zero attached hydrogens (tertiary/aromatic N) is 5. The van der Waals surface area contributed by atoms with E-state index in [1.54, 1.807) is 18.5 Å². The Morgan fingerprint density at radius 2 is 2.07 bits per heavy atom. The number of hydrogen-bond acceptors (Lipinski definition) is 7. The summed E-state index contributed by atoms with van der Waals surface area (Å²) >= 11 is 0. The highest BCUT2D eigenvalue weighted by atomic mass is 16.2. The van der Waals surface area contributed by atoms with E-state index in [2.05, 4.69) is 50.0 Å². The Morgan fingerprint density at radius 1 is 1.29 bits per heavy atom. The first-order valence-corrected chi connectivity index (χ1v) is 8.99. The van der Waals surface area contributed by atoms with E-state index in [4.69, 9.17) is 0 Å². The molecule has 2 aromatic rings. The minimum atomic E-state index is -0.679. The van der Waals surface area contributed by atoms with Crippen molar-refractivity contribution in [3.05, 3.63) is 30.2 Å². The van der Waals surface area contributed by atoms with Crippen LogP contribution in [-0.2, 0) is 22.6 Å². The number of pyridine rings is 1. The zero-order chi connectivity index (χ0) is 20.1. The second kappa shape index (κ2) is 8.46. The van der Waals surface area contributed by atoms with Crippen LogP contribution >= 0.6 is 0 Å². The smallest absolute Gasteiger partial charge is 0.322 e. The van der Waals surface area contributed by atoms with Gasteiger partial charge in [0.2, 0.25) is 5.91 Å². The van der Waals surface area contributed by atoms with Gasteiger partial charge in [0, 0.05) is 25.7 Å². The summed E-state index contributed by atoms with van der Waals surface area (Å²) in [6.07, 6.45) is 3.38. The van der Waals surface area contributed by atoms with Gasteiger partial charge in [-0.25, -0.2) is 14.5 Å². The topological polar surface area (TPSA) is 134 Å². The van der Waals surface area contributed by atoms with Crippen LogP contribution < -0.4 is 20.9 Å². The molecular weight excluding hydrogens is 364 g/mol. The van der Waals surface area contributed by atoms with Gasteiger partial charge < -0.3 is 15.5 Å². The number of amides is 4. The predicted octanol–water partition coefficient (Wildman–Crippen LogP) is -0.0915. The summed E-state index contributed by atoms with van der Waals surface area (Å²) in [6, 6.07) is 2.45. The van der Waals surface area contributed by atoms with Gasteiger partial charge in [0.15, 0.2) is 0 Å². The minimum Gasteiger partial charge on any atom is -0.357 e. The SMILES string of the molecule is CCN(CC)c1ccc(NC(=O)Cn2cc(C[C@H]3NC(=O)NC3=O)nn2)cn1. The van der Waals surface area contributed by atoms with Gasteiger partial charge in [0.1, 0.15) is 18.4 Å². The minimum absolute atomic E-state index is 0.0337. The molecule has 2 aromatic heterocycles. The van der Waals surface area contributed by atoms with Gasteiger partial charge in [-0.1, -0.05) is 5.21 Å². The number of nitrogens with one attached hydrogen (secondary N) is 3. The number of hydrogen-bond donors (Lipinski definition) is 3. The molecule has 0 spiro atoms. The number of aromatic nitrogens is 4. The molecule has 3 heterocycles. The van der Waals surface area contributed by atoms with Gasteiger partial charge in [0.25, 0.3) is 5.91 Å². The molecule has 4 amide bonds. The summed E-state index contributed by atoms with van der Waals surface area (Å²) in [5.41, 5.74) is 1.09.